The number of nitrogens with one attached hydrogen (secondary N) is 2. The molecule has 0 aliphatic heterocycles. The Bertz CT molecular complexity index is 728. The number of aromatic nitrogens is 2. The summed E-state index contributed by atoms with van der Waals surface area (Å²) in [5, 5.41) is 12.3. The number of carbonyl (C=O) groups is 2. The molecule has 0 aromatic carbocycles. The second kappa shape index (κ2) is 4.96. The van der Waals surface area contributed by atoms with Crippen LogP contribution in [-0.2, 0) is 0 Å². The van der Waals surface area contributed by atoms with Crippen molar-refractivity contribution in [3.63, 3.8) is 0 Å². The highest BCUT2D eigenvalue weighted by Crippen LogP contribution is 2.37. The van der Waals surface area contributed by atoms with Crippen molar-refractivity contribution in [2.24, 2.45) is 0 Å². The molecule has 1 amide bonds. The van der Waals surface area contributed by atoms with Gasteiger partial charge in [0.05, 0.1) is 10.7 Å². The number of anilines is 1. The van der Waals surface area contributed by atoms with E-state index in [0.717, 1.165) is 12.8 Å². The van der Waals surface area contributed by atoms with Crippen LogP contribution in [0.4, 0.5) is 5.69 Å². The molecule has 0 atom stereocenters. The number of amides is 1. The van der Waals surface area contributed by atoms with Crippen LogP contribution >= 0.6 is 11.6 Å². The minimum absolute atomic E-state index is 0.0685. The van der Waals surface area contributed by atoms with E-state index in [2.05, 4.69) is 10.3 Å². The monoisotopic (exact) mass is 307 g/mol. The highest BCUT2D eigenvalue weighted by Gasteiger charge is 2.28. The van der Waals surface area contributed by atoms with E-state index in [1.165, 1.54) is 6.20 Å². The number of halogens is 1. The number of aromatic amines is 1. The van der Waals surface area contributed by atoms with Crippen LogP contribution in [0, 0.1) is 6.92 Å². The summed E-state index contributed by atoms with van der Waals surface area (Å²) < 4.78 is 1.84. The second-order valence-corrected chi connectivity index (χ2v) is 5.58. The number of carboxylic acid groups (broad SMARTS) is 1. The molecule has 1 aliphatic carbocycles. The maximum atomic E-state index is 12.4. The average Bonchev–Trinajstić information content (AvgIpc) is 3.09. The third-order valence-corrected chi connectivity index (χ3v) is 3.73. The van der Waals surface area contributed by atoms with Crippen molar-refractivity contribution in [2.75, 3.05) is 5.32 Å². The number of carboxylic acids is 1. The van der Waals surface area contributed by atoms with Crippen molar-refractivity contribution in [1.82, 2.24) is 9.55 Å². The normalized spacial score (nSPS) is 14.2. The van der Waals surface area contributed by atoms with Gasteiger partial charge in [-0.05, 0) is 25.8 Å². The molecule has 1 aliphatic rings. The molecule has 2 aromatic heterocycles. The Morgan fingerprint density at radius 1 is 1.48 bits per heavy atom. The quantitative estimate of drug-likeness (QED) is 0.811. The van der Waals surface area contributed by atoms with Crippen LogP contribution in [0.5, 0.6) is 0 Å². The van der Waals surface area contributed by atoms with Crippen molar-refractivity contribution in [2.45, 2.75) is 25.8 Å². The van der Waals surface area contributed by atoms with Crippen molar-refractivity contribution < 1.29 is 14.7 Å². The Morgan fingerprint density at radius 2 is 2.19 bits per heavy atom. The minimum atomic E-state index is -1.08. The van der Waals surface area contributed by atoms with Crippen LogP contribution in [-0.4, -0.2) is 26.5 Å². The Balaban J connectivity index is 1.89. The molecular weight excluding hydrogens is 294 g/mol. The third kappa shape index (κ3) is 2.54. The molecule has 0 bridgehead atoms. The van der Waals surface area contributed by atoms with Gasteiger partial charge in [-0.2, -0.15) is 0 Å². The van der Waals surface area contributed by atoms with Crippen LogP contribution in [0.15, 0.2) is 18.5 Å². The Morgan fingerprint density at radius 3 is 2.81 bits per heavy atom. The first kappa shape index (κ1) is 13.8. The summed E-state index contributed by atoms with van der Waals surface area (Å²) in [6.45, 7) is 1.64. The molecule has 3 N–H and O–H groups in total. The number of aromatic carboxylic acids is 1. The van der Waals surface area contributed by atoms with Gasteiger partial charge in [-0.15, -0.1) is 0 Å². The van der Waals surface area contributed by atoms with Gasteiger partial charge in [0.25, 0.3) is 5.91 Å². The van der Waals surface area contributed by atoms with Gasteiger partial charge >= 0.3 is 5.97 Å². The van der Waals surface area contributed by atoms with Gasteiger partial charge in [0.1, 0.15) is 11.3 Å². The van der Waals surface area contributed by atoms with E-state index < -0.39 is 5.97 Å². The fraction of sp³-hybridized carbons (Fsp3) is 0.286. The molecule has 3 rings (SSSR count). The van der Waals surface area contributed by atoms with Gasteiger partial charge in [-0.3, -0.25) is 4.79 Å². The maximum absolute atomic E-state index is 12.4. The average molecular weight is 308 g/mol. The molecule has 110 valence electrons. The van der Waals surface area contributed by atoms with Crippen LogP contribution in [0.3, 0.4) is 0 Å². The van der Waals surface area contributed by atoms with E-state index in [-0.39, 0.29) is 17.2 Å². The van der Waals surface area contributed by atoms with E-state index in [0.29, 0.717) is 22.5 Å². The molecule has 0 saturated heterocycles. The van der Waals surface area contributed by atoms with Crippen LogP contribution < -0.4 is 5.32 Å². The molecule has 1 saturated carbocycles. The number of hydrogen-bond acceptors (Lipinski definition) is 2. The van der Waals surface area contributed by atoms with Gasteiger partial charge in [0.2, 0.25) is 0 Å². The number of H-pyrrole nitrogens is 1. The second-order valence-electron chi connectivity index (χ2n) is 5.14. The van der Waals surface area contributed by atoms with Crippen LogP contribution in [0.2, 0.25) is 5.02 Å². The summed E-state index contributed by atoms with van der Waals surface area (Å²) in [4.78, 5) is 26.4. The summed E-state index contributed by atoms with van der Waals surface area (Å²) in [7, 11) is 0. The topological polar surface area (TPSA) is 87.1 Å². The van der Waals surface area contributed by atoms with Crippen molar-refractivity contribution >= 4 is 29.2 Å². The molecule has 7 heteroatoms. The zero-order valence-electron chi connectivity index (χ0n) is 11.3. The van der Waals surface area contributed by atoms with Gasteiger partial charge in [-0.25, -0.2) is 4.79 Å². The molecule has 0 unspecified atom stereocenters. The molecular formula is C14H14ClN3O3. The number of nitrogens with zero attached hydrogens (tertiary/aromatic N) is 1. The van der Waals surface area contributed by atoms with Gasteiger partial charge in [0, 0.05) is 24.1 Å². The Labute approximate surface area is 125 Å². The van der Waals surface area contributed by atoms with Gasteiger partial charge < -0.3 is 20.0 Å². The third-order valence-electron chi connectivity index (χ3n) is 3.53. The van der Waals surface area contributed by atoms with E-state index in [1.807, 2.05) is 4.57 Å². The van der Waals surface area contributed by atoms with Gasteiger partial charge in [-0.1, -0.05) is 11.6 Å². The lowest BCUT2D eigenvalue weighted by molar-refractivity contribution is 0.0697. The van der Waals surface area contributed by atoms with Gasteiger partial charge in [0.15, 0.2) is 0 Å². The highest BCUT2D eigenvalue weighted by molar-refractivity contribution is 6.31. The molecule has 2 aromatic rings. The lowest BCUT2D eigenvalue weighted by Crippen LogP contribution is -2.17. The smallest absolute Gasteiger partial charge is 0.339 e. The van der Waals surface area contributed by atoms with E-state index in [9.17, 15) is 14.7 Å². The van der Waals surface area contributed by atoms with E-state index in [4.69, 9.17) is 11.6 Å². The van der Waals surface area contributed by atoms with Crippen LogP contribution in [0.1, 0.15) is 45.4 Å². The lowest BCUT2D eigenvalue weighted by atomic mass is 10.2. The SMILES string of the molecule is Cc1[nH]cc(NC(=O)c2cc(Cl)cn2C2CC2)c1C(=O)O. The standard InChI is InChI=1S/C14H14ClN3O3/c1-7-12(14(20)21)10(5-16-7)17-13(19)11-4-8(15)6-18(11)9-2-3-9/h4-6,9,16H,2-3H2,1H3,(H,17,19)(H,20,21). The molecule has 6 nitrogen and oxygen atoms in total. The predicted octanol–water partition coefficient (Wildman–Crippen LogP) is 3.06. The largest absolute Gasteiger partial charge is 0.478 e. The first-order chi connectivity index (χ1) is 9.97. The lowest BCUT2D eigenvalue weighted by Gasteiger charge is -2.08. The number of carbonyl (C=O) groups excluding carboxylic acids is 1. The van der Waals surface area contributed by atoms with Crippen molar-refractivity contribution in [1.29, 1.82) is 0 Å². The number of aryl methyl sites for hydroxylation is 1. The van der Waals surface area contributed by atoms with Crippen molar-refractivity contribution in [3.05, 3.63) is 40.4 Å². The molecule has 1 fully saturated rings. The van der Waals surface area contributed by atoms with E-state index in [1.54, 1.807) is 19.2 Å². The molecule has 0 radical (unpaired) electrons. The molecule has 21 heavy (non-hydrogen) atoms. The van der Waals surface area contributed by atoms with Crippen LogP contribution in [0.25, 0.3) is 0 Å². The summed E-state index contributed by atoms with van der Waals surface area (Å²) in [6, 6.07) is 1.90. The zero-order valence-corrected chi connectivity index (χ0v) is 12.1. The van der Waals surface area contributed by atoms with E-state index >= 15 is 0 Å². The fourth-order valence-corrected chi connectivity index (χ4v) is 2.58. The number of rotatable bonds is 4. The first-order valence-corrected chi connectivity index (χ1v) is 6.95. The minimum Gasteiger partial charge on any atom is -0.478 e. The highest BCUT2D eigenvalue weighted by atomic mass is 35.5. The van der Waals surface area contributed by atoms with Crippen molar-refractivity contribution in [3.8, 4) is 0 Å². The summed E-state index contributed by atoms with van der Waals surface area (Å²) in [6.07, 6.45) is 5.25. The molecule has 0 spiro atoms. The Hall–Kier alpha value is -2.21. The summed E-state index contributed by atoms with van der Waals surface area (Å²) >= 11 is 5.97. The predicted molar refractivity (Wildman–Crippen MR) is 78.2 cm³/mol. The Kier molecular flexibility index (Phi) is 3.25. The fourth-order valence-electron chi connectivity index (χ4n) is 2.37. The summed E-state index contributed by atoms with van der Waals surface area (Å²) in [5.74, 6) is -1.45. The summed E-state index contributed by atoms with van der Waals surface area (Å²) in [5.41, 5.74) is 1.26. The molecule has 2 heterocycles. The number of hydrogen-bond donors (Lipinski definition) is 3. The zero-order chi connectivity index (χ0) is 15.1. The first-order valence-electron chi connectivity index (χ1n) is 6.57. The maximum Gasteiger partial charge on any atom is 0.339 e.